The summed E-state index contributed by atoms with van der Waals surface area (Å²) < 4.78 is 2.12. The first-order valence-electron chi connectivity index (χ1n) is 7.63. The van der Waals surface area contributed by atoms with Crippen LogP contribution in [0.25, 0.3) is 0 Å². The summed E-state index contributed by atoms with van der Waals surface area (Å²) in [7, 11) is 0. The summed E-state index contributed by atoms with van der Waals surface area (Å²) in [5.74, 6) is 0. The van der Waals surface area contributed by atoms with Gasteiger partial charge in [-0.15, -0.1) is 0 Å². The van der Waals surface area contributed by atoms with Gasteiger partial charge in [-0.3, -0.25) is 9.58 Å². The van der Waals surface area contributed by atoms with Gasteiger partial charge in [0.15, 0.2) is 0 Å². The number of hydrogen-bond donors (Lipinski definition) is 1. The van der Waals surface area contributed by atoms with E-state index in [1.165, 1.54) is 31.4 Å². The Morgan fingerprint density at radius 2 is 2.05 bits per heavy atom. The zero-order chi connectivity index (χ0) is 13.9. The fourth-order valence-corrected chi connectivity index (χ4v) is 3.49. The molecule has 4 nitrogen and oxygen atoms in total. The lowest BCUT2D eigenvalue weighted by Gasteiger charge is -2.40. The van der Waals surface area contributed by atoms with Gasteiger partial charge in [-0.05, 0) is 39.3 Å². The summed E-state index contributed by atoms with van der Waals surface area (Å²) in [5.41, 5.74) is 8.77. The van der Waals surface area contributed by atoms with E-state index in [9.17, 15) is 0 Å². The molecule has 4 heteroatoms. The number of rotatable bonds is 6. The first-order chi connectivity index (χ1) is 9.15. The molecule has 0 amide bonds. The van der Waals surface area contributed by atoms with Gasteiger partial charge in [0.25, 0.3) is 0 Å². The average molecular weight is 264 g/mol. The predicted molar refractivity (Wildman–Crippen MR) is 79.0 cm³/mol. The fraction of sp³-hybridized carbons (Fsp3) is 0.800. The summed E-state index contributed by atoms with van der Waals surface area (Å²) in [4.78, 5) is 2.57. The second-order valence-electron chi connectivity index (χ2n) is 5.74. The van der Waals surface area contributed by atoms with E-state index in [-0.39, 0.29) is 5.54 Å². The molecule has 1 fully saturated rings. The quantitative estimate of drug-likeness (QED) is 0.857. The van der Waals surface area contributed by atoms with Crippen LogP contribution in [0.3, 0.4) is 0 Å². The number of aryl methyl sites for hydroxylation is 2. The Morgan fingerprint density at radius 1 is 1.37 bits per heavy atom. The van der Waals surface area contributed by atoms with Crippen LogP contribution in [0.1, 0.15) is 50.9 Å². The van der Waals surface area contributed by atoms with Crippen LogP contribution in [0.5, 0.6) is 0 Å². The third-order valence-electron chi connectivity index (χ3n) is 4.60. The fourth-order valence-electron chi connectivity index (χ4n) is 3.49. The maximum atomic E-state index is 6.11. The van der Waals surface area contributed by atoms with E-state index < -0.39 is 0 Å². The van der Waals surface area contributed by atoms with Crippen LogP contribution in [0.2, 0.25) is 0 Å². The molecule has 0 spiro atoms. The van der Waals surface area contributed by atoms with Crippen LogP contribution >= 0.6 is 0 Å². The van der Waals surface area contributed by atoms with Crippen molar-refractivity contribution in [3.8, 4) is 0 Å². The molecule has 0 unspecified atom stereocenters. The highest BCUT2D eigenvalue weighted by Gasteiger charge is 2.37. The standard InChI is InChI=1S/C15H28N4/c1-4-18(15(12-16)8-6-7-9-15)11-14-10-13(3)17-19(14)5-2/h10H,4-9,11-12,16H2,1-3H3. The Kier molecular flexibility index (Phi) is 4.63. The minimum Gasteiger partial charge on any atom is -0.329 e. The molecule has 1 aromatic rings. The highest BCUT2D eigenvalue weighted by atomic mass is 15.3. The molecule has 1 aliphatic rings. The Balaban J connectivity index is 2.18. The zero-order valence-corrected chi connectivity index (χ0v) is 12.7. The van der Waals surface area contributed by atoms with Gasteiger partial charge in [-0.1, -0.05) is 19.8 Å². The minimum atomic E-state index is 0.228. The van der Waals surface area contributed by atoms with Gasteiger partial charge < -0.3 is 5.73 Å². The number of aromatic nitrogens is 2. The Hall–Kier alpha value is -0.870. The van der Waals surface area contributed by atoms with E-state index in [0.29, 0.717) is 0 Å². The largest absolute Gasteiger partial charge is 0.329 e. The molecular formula is C15H28N4. The molecule has 1 saturated carbocycles. The topological polar surface area (TPSA) is 47.1 Å². The van der Waals surface area contributed by atoms with Crippen molar-refractivity contribution in [2.24, 2.45) is 5.73 Å². The molecule has 0 saturated heterocycles. The summed E-state index contributed by atoms with van der Waals surface area (Å²) >= 11 is 0. The first kappa shape index (κ1) is 14.5. The van der Waals surface area contributed by atoms with Crippen molar-refractivity contribution >= 4 is 0 Å². The second-order valence-corrected chi connectivity index (χ2v) is 5.74. The molecule has 19 heavy (non-hydrogen) atoms. The minimum absolute atomic E-state index is 0.228. The van der Waals surface area contributed by atoms with E-state index >= 15 is 0 Å². The normalized spacial score (nSPS) is 18.4. The first-order valence-corrected chi connectivity index (χ1v) is 7.63. The maximum Gasteiger partial charge on any atom is 0.0597 e. The average Bonchev–Trinajstić information content (AvgIpc) is 3.02. The van der Waals surface area contributed by atoms with Crippen molar-refractivity contribution in [1.82, 2.24) is 14.7 Å². The van der Waals surface area contributed by atoms with Gasteiger partial charge in [0, 0.05) is 25.2 Å². The van der Waals surface area contributed by atoms with Crippen LogP contribution in [0.15, 0.2) is 6.07 Å². The van der Waals surface area contributed by atoms with Crippen molar-refractivity contribution in [2.75, 3.05) is 13.1 Å². The number of likely N-dealkylation sites (N-methyl/N-ethyl adjacent to an activating group) is 1. The molecule has 0 atom stereocenters. The highest BCUT2D eigenvalue weighted by molar-refractivity contribution is 5.10. The monoisotopic (exact) mass is 264 g/mol. The lowest BCUT2D eigenvalue weighted by Crippen LogP contribution is -2.51. The van der Waals surface area contributed by atoms with E-state index in [0.717, 1.165) is 31.9 Å². The molecule has 0 bridgehead atoms. The van der Waals surface area contributed by atoms with Gasteiger partial charge >= 0.3 is 0 Å². The zero-order valence-electron chi connectivity index (χ0n) is 12.7. The lowest BCUT2D eigenvalue weighted by molar-refractivity contribution is 0.0939. The van der Waals surface area contributed by atoms with Gasteiger partial charge in [-0.25, -0.2) is 0 Å². The molecular weight excluding hydrogens is 236 g/mol. The van der Waals surface area contributed by atoms with Crippen molar-refractivity contribution in [1.29, 1.82) is 0 Å². The summed E-state index contributed by atoms with van der Waals surface area (Å²) in [6, 6.07) is 2.21. The van der Waals surface area contributed by atoms with Gasteiger partial charge in [0.2, 0.25) is 0 Å². The molecule has 0 radical (unpaired) electrons. The smallest absolute Gasteiger partial charge is 0.0597 e. The van der Waals surface area contributed by atoms with E-state index in [4.69, 9.17) is 5.73 Å². The van der Waals surface area contributed by atoms with E-state index in [1.807, 2.05) is 0 Å². The molecule has 108 valence electrons. The highest BCUT2D eigenvalue weighted by Crippen LogP contribution is 2.35. The Labute approximate surface area is 117 Å². The number of nitrogens with zero attached hydrogens (tertiary/aromatic N) is 3. The van der Waals surface area contributed by atoms with Gasteiger partial charge in [0.1, 0.15) is 0 Å². The molecule has 2 rings (SSSR count). The third kappa shape index (κ3) is 2.84. The molecule has 0 aromatic carbocycles. The molecule has 1 heterocycles. The summed E-state index contributed by atoms with van der Waals surface area (Å²) in [6.07, 6.45) is 5.13. The van der Waals surface area contributed by atoms with Gasteiger partial charge in [-0.2, -0.15) is 5.10 Å². The summed E-state index contributed by atoms with van der Waals surface area (Å²) in [6.45, 7) is 10.2. The van der Waals surface area contributed by atoms with Crippen LogP contribution in [-0.2, 0) is 13.1 Å². The van der Waals surface area contributed by atoms with Crippen LogP contribution < -0.4 is 5.73 Å². The van der Waals surface area contributed by atoms with Crippen molar-refractivity contribution in [3.05, 3.63) is 17.5 Å². The maximum absolute atomic E-state index is 6.11. The molecule has 0 aliphatic heterocycles. The van der Waals surface area contributed by atoms with Gasteiger partial charge in [0.05, 0.1) is 11.4 Å². The SMILES string of the molecule is CCN(Cc1cc(C)nn1CC)C1(CN)CCCC1. The van der Waals surface area contributed by atoms with E-state index in [2.05, 4.69) is 41.5 Å². The molecule has 1 aromatic heterocycles. The lowest BCUT2D eigenvalue weighted by atomic mass is 9.95. The van der Waals surface area contributed by atoms with E-state index in [1.54, 1.807) is 0 Å². The third-order valence-corrected chi connectivity index (χ3v) is 4.60. The number of hydrogen-bond acceptors (Lipinski definition) is 3. The van der Waals surface area contributed by atoms with Crippen LogP contribution in [0.4, 0.5) is 0 Å². The van der Waals surface area contributed by atoms with Crippen molar-refractivity contribution < 1.29 is 0 Å². The number of nitrogens with two attached hydrogens (primary N) is 1. The Bertz CT molecular complexity index is 404. The van der Waals surface area contributed by atoms with Crippen LogP contribution in [-0.4, -0.2) is 33.3 Å². The summed E-state index contributed by atoms with van der Waals surface area (Å²) in [5, 5.41) is 4.55. The van der Waals surface area contributed by atoms with Crippen LogP contribution in [0, 0.1) is 6.92 Å². The predicted octanol–water partition coefficient (Wildman–Crippen LogP) is 2.30. The second kappa shape index (κ2) is 6.06. The molecule has 2 N–H and O–H groups in total. The molecule has 1 aliphatic carbocycles. The van der Waals surface area contributed by atoms with Crippen molar-refractivity contribution in [3.63, 3.8) is 0 Å². The van der Waals surface area contributed by atoms with Crippen molar-refractivity contribution in [2.45, 2.75) is 65.1 Å². The Morgan fingerprint density at radius 3 is 2.58 bits per heavy atom.